The van der Waals surface area contributed by atoms with Crippen LogP contribution in [0, 0.1) is 0 Å². The maximum absolute atomic E-state index is 13.2. The monoisotopic (exact) mass is 336 g/mol. The number of fused-ring (bicyclic) bond motifs is 1. The van der Waals surface area contributed by atoms with Crippen molar-refractivity contribution in [1.29, 1.82) is 0 Å². The first-order valence-corrected chi connectivity index (χ1v) is 8.84. The minimum absolute atomic E-state index is 0.00775. The molecule has 1 saturated heterocycles. The summed E-state index contributed by atoms with van der Waals surface area (Å²) in [7, 11) is 7.65. The van der Waals surface area contributed by atoms with E-state index in [9.17, 15) is 4.79 Å². The lowest BCUT2D eigenvalue weighted by Gasteiger charge is -2.44. The fraction of sp³-hybridized carbons (Fsp3) is 0.474. The highest BCUT2D eigenvalue weighted by molar-refractivity contribution is 6.43. The molecular formula is C19H25BN4O. The van der Waals surface area contributed by atoms with Gasteiger partial charge < -0.3 is 14.7 Å². The highest BCUT2D eigenvalue weighted by atomic mass is 16.2. The van der Waals surface area contributed by atoms with E-state index in [1.807, 2.05) is 22.9 Å². The zero-order valence-electron chi connectivity index (χ0n) is 15.3. The van der Waals surface area contributed by atoms with Gasteiger partial charge in [-0.2, -0.15) is 0 Å². The van der Waals surface area contributed by atoms with E-state index in [-0.39, 0.29) is 11.9 Å². The number of aliphatic imine (C=N–C) groups is 1. The van der Waals surface area contributed by atoms with E-state index in [2.05, 4.69) is 42.6 Å². The number of carbonyl (C=O) groups excluding carboxylic acids is 1. The maximum Gasteiger partial charge on any atom is 0.272 e. The number of allylic oxidation sites excluding steroid dienone is 3. The smallest absolute Gasteiger partial charge is 0.272 e. The van der Waals surface area contributed by atoms with Gasteiger partial charge >= 0.3 is 0 Å². The van der Waals surface area contributed by atoms with Gasteiger partial charge in [0.1, 0.15) is 19.4 Å². The van der Waals surface area contributed by atoms with Crippen LogP contribution in [-0.4, -0.2) is 66.4 Å². The van der Waals surface area contributed by atoms with Crippen LogP contribution in [0.1, 0.15) is 26.7 Å². The third-order valence-corrected chi connectivity index (χ3v) is 5.22. The predicted molar refractivity (Wildman–Crippen MR) is 102 cm³/mol. The third-order valence-electron chi connectivity index (χ3n) is 5.22. The molecule has 2 radical (unpaired) electrons. The van der Waals surface area contributed by atoms with Crippen LogP contribution in [-0.2, 0) is 4.79 Å². The Kier molecular flexibility index (Phi) is 4.88. The second kappa shape index (κ2) is 6.94. The lowest BCUT2D eigenvalue weighted by atomic mass is 9.97. The molecule has 2 unspecified atom stereocenters. The minimum atomic E-state index is -0.00775. The van der Waals surface area contributed by atoms with E-state index in [1.165, 1.54) is 0 Å². The first kappa shape index (κ1) is 17.6. The van der Waals surface area contributed by atoms with Gasteiger partial charge in [0.25, 0.3) is 5.91 Å². The van der Waals surface area contributed by atoms with Gasteiger partial charge in [-0.05, 0) is 38.1 Å². The number of rotatable bonds is 3. The molecule has 25 heavy (non-hydrogen) atoms. The van der Waals surface area contributed by atoms with Gasteiger partial charge in [-0.3, -0.25) is 4.79 Å². The van der Waals surface area contributed by atoms with Crippen LogP contribution in [0.15, 0.2) is 53.0 Å². The lowest BCUT2D eigenvalue weighted by molar-refractivity contribution is -0.129. The average Bonchev–Trinajstić information content (AvgIpc) is 3.05. The molecule has 1 fully saturated rings. The fourth-order valence-electron chi connectivity index (χ4n) is 3.74. The van der Waals surface area contributed by atoms with Crippen molar-refractivity contribution < 1.29 is 4.79 Å². The Labute approximate surface area is 151 Å². The molecule has 2 atom stereocenters. The second-order valence-corrected chi connectivity index (χ2v) is 6.79. The third kappa shape index (κ3) is 3.30. The van der Waals surface area contributed by atoms with Crippen molar-refractivity contribution in [1.82, 2.24) is 14.7 Å². The normalized spacial score (nSPS) is 27.3. The highest BCUT2D eigenvalue weighted by Crippen LogP contribution is 2.27. The van der Waals surface area contributed by atoms with E-state index in [1.54, 1.807) is 6.08 Å². The van der Waals surface area contributed by atoms with E-state index in [0.29, 0.717) is 29.6 Å². The van der Waals surface area contributed by atoms with Crippen molar-refractivity contribution in [2.24, 2.45) is 4.99 Å². The highest BCUT2D eigenvalue weighted by Gasteiger charge is 2.37. The molecule has 130 valence electrons. The number of hydrogen-bond acceptors (Lipinski definition) is 4. The molecular weight excluding hydrogens is 311 g/mol. The van der Waals surface area contributed by atoms with Gasteiger partial charge in [0, 0.05) is 31.9 Å². The van der Waals surface area contributed by atoms with Gasteiger partial charge in [-0.25, -0.2) is 4.99 Å². The molecule has 3 rings (SSSR count). The maximum atomic E-state index is 13.2. The van der Waals surface area contributed by atoms with Crippen LogP contribution in [0.25, 0.3) is 0 Å². The molecule has 3 aliphatic heterocycles. The van der Waals surface area contributed by atoms with Crippen molar-refractivity contribution in [3.63, 3.8) is 0 Å². The van der Waals surface area contributed by atoms with Crippen molar-refractivity contribution in [2.45, 2.75) is 38.8 Å². The standard InChI is InChI=1S/C19H25BN4O/c1-5-15-12-16(21-18(22(15)4)11-13(2)20)19(25)24-10-9-23-8-6-7-17(23)14(24)3/h6,8,11-12,14,17H,2,5,7,9-10H2,1,3-4H3/b18-11-. The summed E-state index contributed by atoms with van der Waals surface area (Å²) in [5.41, 5.74) is 1.95. The van der Waals surface area contributed by atoms with Gasteiger partial charge in [-0.1, -0.05) is 13.0 Å². The van der Waals surface area contributed by atoms with Crippen molar-refractivity contribution in [3.05, 3.63) is 48.0 Å². The molecule has 0 N–H and O–H groups in total. The number of carbonyl (C=O) groups is 1. The van der Waals surface area contributed by atoms with E-state index in [0.717, 1.165) is 25.1 Å². The summed E-state index contributed by atoms with van der Waals surface area (Å²) in [6.07, 6.45) is 9.74. The van der Waals surface area contributed by atoms with Crippen LogP contribution in [0.5, 0.6) is 0 Å². The average molecular weight is 336 g/mol. The zero-order chi connectivity index (χ0) is 18.1. The second-order valence-electron chi connectivity index (χ2n) is 6.79. The first-order valence-electron chi connectivity index (χ1n) is 8.84. The molecule has 0 bridgehead atoms. The van der Waals surface area contributed by atoms with Crippen LogP contribution >= 0.6 is 0 Å². The van der Waals surface area contributed by atoms with E-state index in [4.69, 9.17) is 7.85 Å². The summed E-state index contributed by atoms with van der Waals surface area (Å²) in [5.74, 6) is 0.649. The molecule has 0 spiro atoms. The Morgan fingerprint density at radius 3 is 2.92 bits per heavy atom. The molecule has 3 heterocycles. The molecule has 0 aromatic carbocycles. The van der Waals surface area contributed by atoms with E-state index >= 15 is 0 Å². The first-order chi connectivity index (χ1) is 11.9. The molecule has 3 aliphatic rings. The van der Waals surface area contributed by atoms with Crippen molar-refractivity contribution in [2.75, 3.05) is 20.1 Å². The summed E-state index contributed by atoms with van der Waals surface area (Å²) < 4.78 is 0. The predicted octanol–water partition coefficient (Wildman–Crippen LogP) is 2.01. The van der Waals surface area contributed by atoms with Gasteiger partial charge in [-0.15, -0.1) is 12.1 Å². The number of nitrogens with zero attached hydrogens (tertiary/aromatic N) is 4. The zero-order valence-corrected chi connectivity index (χ0v) is 15.3. The quantitative estimate of drug-likeness (QED) is 0.740. The van der Waals surface area contributed by atoms with E-state index < -0.39 is 0 Å². The molecule has 0 aromatic heterocycles. The van der Waals surface area contributed by atoms with Gasteiger partial charge in [0.05, 0.1) is 6.04 Å². The van der Waals surface area contributed by atoms with Crippen LogP contribution in [0.3, 0.4) is 0 Å². The molecule has 0 aromatic rings. The summed E-state index contributed by atoms with van der Waals surface area (Å²) in [6, 6.07) is 0.534. The summed E-state index contributed by atoms with van der Waals surface area (Å²) in [6.45, 7) is 9.50. The number of hydrogen-bond donors (Lipinski definition) is 0. The Morgan fingerprint density at radius 1 is 1.48 bits per heavy atom. The molecule has 0 aliphatic carbocycles. The summed E-state index contributed by atoms with van der Waals surface area (Å²) in [5, 5.41) is 0. The van der Waals surface area contributed by atoms with Gasteiger partial charge in [0.2, 0.25) is 0 Å². The summed E-state index contributed by atoms with van der Waals surface area (Å²) in [4.78, 5) is 24.0. The molecule has 1 amide bonds. The van der Waals surface area contributed by atoms with Crippen LogP contribution < -0.4 is 0 Å². The minimum Gasteiger partial charge on any atom is -0.371 e. The largest absolute Gasteiger partial charge is 0.371 e. The fourth-order valence-corrected chi connectivity index (χ4v) is 3.74. The van der Waals surface area contributed by atoms with Crippen molar-refractivity contribution >= 4 is 19.5 Å². The van der Waals surface area contributed by atoms with Crippen LogP contribution in [0.4, 0.5) is 0 Å². The Morgan fingerprint density at radius 2 is 2.24 bits per heavy atom. The molecule has 6 heteroatoms. The molecule has 5 nitrogen and oxygen atoms in total. The topological polar surface area (TPSA) is 39.2 Å². The Bertz CT molecular complexity index is 706. The van der Waals surface area contributed by atoms with Crippen LogP contribution in [0.2, 0.25) is 0 Å². The lowest BCUT2D eigenvalue weighted by Crippen LogP contribution is -2.58. The van der Waals surface area contributed by atoms with Gasteiger partial charge in [0.15, 0.2) is 0 Å². The molecule has 0 saturated carbocycles. The SMILES string of the molecule is [B]C(=C)/C=C1/N=C(C(=O)N2CCN3C=CCC3C2C)C=C(CC)N1C. The Balaban J connectivity index is 1.87. The Hall–Kier alpha value is -2.24. The number of amides is 1. The van der Waals surface area contributed by atoms with Crippen molar-refractivity contribution in [3.8, 4) is 0 Å². The summed E-state index contributed by atoms with van der Waals surface area (Å²) >= 11 is 0. The number of piperazine rings is 1.